The molecule has 20 heavy (non-hydrogen) atoms. The van der Waals surface area contributed by atoms with Gasteiger partial charge >= 0.3 is 0 Å². The highest BCUT2D eigenvalue weighted by Crippen LogP contribution is 2.22. The first-order valence-corrected chi connectivity index (χ1v) is 7.00. The molecule has 0 atom stereocenters. The number of nitrogens with one attached hydrogen (secondary N) is 1. The van der Waals surface area contributed by atoms with E-state index < -0.39 is 0 Å². The minimum atomic E-state index is -0.206. The SMILES string of the molecule is Fc1ccccc1CSc1n[nH]c(-c2cccnc2)n1. The maximum absolute atomic E-state index is 13.5. The molecule has 4 nitrogen and oxygen atoms in total. The molecule has 0 radical (unpaired) electrons. The quantitative estimate of drug-likeness (QED) is 0.748. The minimum Gasteiger partial charge on any atom is -0.264 e. The lowest BCUT2D eigenvalue weighted by Crippen LogP contribution is -1.87. The number of halogens is 1. The first-order chi connectivity index (χ1) is 9.83. The summed E-state index contributed by atoms with van der Waals surface area (Å²) in [6.45, 7) is 0. The number of benzene rings is 1. The number of H-pyrrole nitrogens is 1. The third kappa shape index (κ3) is 2.85. The Bertz CT molecular complexity index is 699. The van der Waals surface area contributed by atoms with E-state index in [1.807, 2.05) is 18.2 Å². The summed E-state index contributed by atoms with van der Waals surface area (Å²) in [4.78, 5) is 8.39. The predicted molar refractivity (Wildman–Crippen MR) is 75.6 cm³/mol. The zero-order valence-corrected chi connectivity index (χ0v) is 11.3. The number of hydrogen-bond donors (Lipinski definition) is 1. The Hall–Kier alpha value is -2.21. The van der Waals surface area contributed by atoms with Gasteiger partial charge in [0, 0.05) is 23.7 Å². The Morgan fingerprint density at radius 1 is 1.15 bits per heavy atom. The molecule has 0 spiro atoms. The van der Waals surface area contributed by atoms with Gasteiger partial charge in [0.25, 0.3) is 0 Å². The molecule has 0 fully saturated rings. The van der Waals surface area contributed by atoms with Gasteiger partial charge in [0.2, 0.25) is 5.16 Å². The highest BCUT2D eigenvalue weighted by atomic mass is 32.2. The van der Waals surface area contributed by atoms with E-state index in [4.69, 9.17) is 0 Å². The molecule has 1 aromatic carbocycles. The van der Waals surface area contributed by atoms with Crippen LogP contribution >= 0.6 is 11.8 Å². The van der Waals surface area contributed by atoms with Gasteiger partial charge in [-0.15, -0.1) is 5.10 Å². The van der Waals surface area contributed by atoms with E-state index in [0.29, 0.717) is 22.3 Å². The number of aromatic nitrogens is 4. The van der Waals surface area contributed by atoms with Crippen LogP contribution in [0.4, 0.5) is 4.39 Å². The standard InChI is InChI=1S/C14H11FN4S/c15-12-6-2-1-4-11(12)9-20-14-17-13(18-19-14)10-5-3-7-16-8-10/h1-8H,9H2,(H,17,18,19). The van der Waals surface area contributed by atoms with Crippen LogP contribution in [0.25, 0.3) is 11.4 Å². The summed E-state index contributed by atoms with van der Waals surface area (Å²) in [7, 11) is 0. The van der Waals surface area contributed by atoms with Crippen molar-refractivity contribution in [2.24, 2.45) is 0 Å². The Morgan fingerprint density at radius 2 is 2.05 bits per heavy atom. The van der Waals surface area contributed by atoms with Crippen LogP contribution < -0.4 is 0 Å². The molecule has 0 aliphatic rings. The van der Waals surface area contributed by atoms with E-state index in [9.17, 15) is 4.39 Å². The van der Waals surface area contributed by atoms with Crippen LogP contribution in [-0.2, 0) is 5.75 Å². The van der Waals surface area contributed by atoms with Gasteiger partial charge < -0.3 is 0 Å². The Labute approximate surface area is 119 Å². The fourth-order valence-corrected chi connectivity index (χ4v) is 2.49. The number of rotatable bonds is 4. The maximum Gasteiger partial charge on any atom is 0.209 e. The predicted octanol–water partition coefficient (Wildman–Crippen LogP) is 3.30. The van der Waals surface area contributed by atoms with Crippen molar-refractivity contribution in [1.82, 2.24) is 20.2 Å². The number of pyridine rings is 1. The topological polar surface area (TPSA) is 54.5 Å². The first kappa shape index (κ1) is 12.8. The van der Waals surface area contributed by atoms with Crippen molar-refractivity contribution in [3.8, 4) is 11.4 Å². The molecule has 0 aliphatic heterocycles. The third-order valence-corrected chi connectivity index (χ3v) is 3.61. The molecule has 0 bridgehead atoms. The fourth-order valence-electron chi connectivity index (χ4n) is 1.70. The molecule has 2 aromatic heterocycles. The molecule has 0 aliphatic carbocycles. The van der Waals surface area contributed by atoms with E-state index in [-0.39, 0.29) is 5.82 Å². The van der Waals surface area contributed by atoms with Gasteiger partial charge in [-0.2, -0.15) is 0 Å². The molecule has 0 saturated heterocycles. The molecule has 0 saturated carbocycles. The van der Waals surface area contributed by atoms with Crippen LogP contribution in [0.15, 0.2) is 53.9 Å². The molecule has 1 N–H and O–H groups in total. The zero-order valence-electron chi connectivity index (χ0n) is 10.5. The summed E-state index contributed by atoms with van der Waals surface area (Å²) in [6.07, 6.45) is 3.42. The average molecular weight is 286 g/mol. The summed E-state index contributed by atoms with van der Waals surface area (Å²) in [5.74, 6) is 0.953. The first-order valence-electron chi connectivity index (χ1n) is 6.02. The fraction of sp³-hybridized carbons (Fsp3) is 0.0714. The van der Waals surface area contributed by atoms with Crippen molar-refractivity contribution in [2.75, 3.05) is 0 Å². The van der Waals surface area contributed by atoms with Gasteiger partial charge in [0.15, 0.2) is 5.82 Å². The zero-order chi connectivity index (χ0) is 13.8. The molecular weight excluding hydrogens is 275 g/mol. The highest BCUT2D eigenvalue weighted by Gasteiger charge is 2.08. The lowest BCUT2D eigenvalue weighted by molar-refractivity contribution is 0.617. The Morgan fingerprint density at radius 3 is 2.85 bits per heavy atom. The average Bonchev–Trinajstić information content (AvgIpc) is 2.96. The summed E-state index contributed by atoms with van der Waals surface area (Å²) >= 11 is 1.39. The van der Waals surface area contributed by atoms with E-state index >= 15 is 0 Å². The number of nitrogens with zero attached hydrogens (tertiary/aromatic N) is 3. The van der Waals surface area contributed by atoms with Crippen molar-refractivity contribution in [3.05, 3.63) is 60.2 Å². The van der Waals surface area contributed by atoms with Crippen LogP contribution in [0.5, 0.6) is 0 Å². The molecule has 6 heteroatoms. The van der Waals surface area contributed by atoms with Gasteiger partial charge in [0.1, 0.15) is 5.82 Å². The number of hydrogen-bond acceptors (Lipinski definition) is 4. The molecule has 0 amide bonds. The maximum atomic E-state index is 13.5. The van der Waals surface area contributed by atoms with Crippen molar-refractivity contribution in [3.63, 3.8) is 0 Å². The summed E-state index contributed by atoms with van der Waals surface area (Å²) in [5.41, 5.74) is 1.52. The van der Waals surface area contributed by atoms with Crippen LogP contribution in [-0.4, -0.2) is 20.2 Å². The minimum absolute atomic E-state index is 0.206. The van der Waals surface area contributed by atoms with Gasteiger partial charge in [-0.1, -0.05) is 30.0 Å². The number of aromatic amines is 1. The highest BCUT2D eigenvalue weighted by molar-refractivity contribution is 7.98. The number of thioether (sulfide) groups is 1. The van der Waals surface area contributed by atoms with Crippen molar-refractivity contribution in [1.29, 1.82) is 0 Å². The largest absolute Gasteiger partial charge is 0.264 e. The lowest BCUT2D eigenvalue weighted by Gasteiger charge is -1.99. The van der Waals surface area contributed by atoms with Gasteiger partial charge in [-0.05, 0) is 23.8 Å². The Balaban J connectivity index is 1.71. The monoisotopic (exact) mass is 286 g/mol. The molecule has 3 rings (SSSR count). The molecule has 100 valence electrons. The summed E-state index contributed by atoms with van der Waals surface area (Å²) < 4.78 is 13.5. The second-order valence-electron chi connectivity index (χ2n) is 4.09. The Kier molecular flexibility index (Phi) is 3.73. The van der Waals surface area contributed by atoms with E-state index in [1.165, 1.54) is 17.8 Å². The van der Waals surface area contributed by atoms with Gasteiger partial charge in [-0.25, -0.2) is 9.37 Å². The second kappa shape index (κ2) is 5.83. The molecule has 3 aromatic rings. The summed E-state index contributed by atoms with van der Waals surface area (Å²) in [5, 5.41) is 7.56. The van der Waals surface area contributed by atoms with Crippen LogP contribution in [0.2, 0.25) is 0 Å². The van der Waals surface area contributed by atoms with Crippen molar-refractivity contribution in [2.45, 2.75) is 10.9 Å². The van der Waals surface area contributed by atoms with Crippen LogP contribution in [0, 0.1) is 5.82 Å². The normalized spacial score (nSPS) is 10.7. The lowest BCUT2D eigenvalue weighted by atomic mass is 10.2. The molecule has 2 heterocycles. The van der Waals surface area contributed by atoms with E-state index in [2.05, 4.69) is 20.2 Å². The van der Waals surface area contributed by atoms with Gasteiger partial charge in [-0.3, -0.25) is 10.1 Å². The second-order valence-corrected chi connectivity index (χ2v) is 5.03. The van der Waals surface area contributed by atoms with Crippen molar-refractivity contribution >= 4 is 11.8 Å². The van der Waals surface area contributed by atoms with Crippen LogP contribution in [0.3, 0.4) is 0 Å². The van der Waals surface area contributed by atoms with E-state index in [0.717, 1.165) is 5.56 Å². The smallest absolute Gasteiger partial charge is 0.209 e. The van der Waals surface area contributed by atoms with Gasteiger partial charge in [0.05, 0.1) is 0 Å². The molecule has 0 unspecified atom stereocenters. The molecular formula is C14H11FN4S. The summed E-state index contributed by atoms with van der Waals surface area (Å²) in [6, 6.07) is 10.4. The third-order valence-electron chi connectivity index (χ3n) is 2.71. The van der Waals surface area contributed by atoms with Crippen molar-refractivity contribution < 1.29 is 4.39 Å². The van der Waals surface area contributed by atoms with Crippen LogP contribution in [0.1, 0.15) is 5.56 Å². The van der Waals surface area contributed by atoms with E-state index in [1.54, 1.807) is 24.5 Å².